The number of sulfone groups is 1. The molecule has 8 heteroatoms. The standard InChI is InChI=1S/C11H14N2O5S/c1-19(17,18)6-2-5-12-10-4-3-9(8-14)7-11(10)13(15)16/h3-4,7-8,12H,2,5-6H2,1H3. The van der Waals surface area contributed by atoms with E-state index in [4.69, 9.17) is 0 Å². The van der Waals surface area contributed by atoms with E-state index in [1.807, 2.05) is 0 Å². The maximum Gasteiger partial charge on any atom is 0.293 e. The van der Waals surface area contributed by atoms with Gasteiger partial charge in [0.05, 0.1) is 10.7 Å². The molecule has 0 saturated carbocycles. The van der Waals surface area contributed by atoms with Crippen LogP contribution in [-0.4, -0.2) is 38.2 Å². The van der Waals surface area contributed by atoms with E-state index >= 15 is 0 Å². The maximum absolute atomic E-state index is 10.9. The number of nitro benzene ring substituents is 1. The van der Waals surface area contributed by atoms with Gasteiger partial charge in [0, 0.05) is 24.4 Å². The smallest absolute Gasteiger partial charge is 0.293 e. The van der Waals surface area contributed by atoms with Crippen LogP contribution in [0.4, 0.5) is 11.4 Å². The number of hydrogen-bond acceptors (Lipinski definition) is 6. The van der Waals surface area contributed by atoms with E-state index in [0.29, 0.717) is 19.3 Å². The van der Waals surface area contributed by atoms with Crippen molar-refractivity contribution in [2.75, 3.05) is 23.9 Å². The van der Waals surface area contributed by atoms with Crippen LogP contribution < -0.4 is 5.32 Å². The Labute approximate surface area is 110 Å². The molecule has 0 bridgehead atoms. The summed E-state index contributed by atoms with van der Waals surface area (Å²) in [7, 11) is -3.04. The number of rotatable bonds is 7. The predicted octanol–water partition coefficient (Wildman–Crippen LogP) is 1.25. The van der Waals surface area contributed by atoms with Gasteiger partial charge < -0.3 is 5.32 Å². The molecule has 0 unspecified atom stereocenters. The van der Waals surface area contributed by atoms with E-state index < -0.39 is 14.8 Å². The molecule has 0 radical (unpaired) electrons. The summed E-state index contributed by atoms with van der Waals surface area (Å²) in [6.07, 6.45) is 2.01. The fourth-order valence-electron chi connectivity index (χ4n) is 1.48. The molecule has 1 aromatic carbocycles. The largest absolute Gasteiger partial charge is 0.379 e. The summed E-state index contributed by atoms with van der Waals surface area (Å²) >= 11 is 0. The summed E-state index contributed by atoms with van der Waals surface area (Å²) in [4.78, 5) is 20.8. The summed E-state index contributed by atoms with van der Waals surface area (Å²) in [6.45, 7) is 0.300. The van der Waals surface area contributed by atoms with E-state index in [-0.39, 0.29) is 22.7 Å². The number of carbonyl (C=O) groups is 1. The fourth-order valence-corrected chi connectivity index (χ4v) is 2.15. The fraction of sp³-hybridized carbons (Fsp3) is 0.364. The molecule has 1 aromatic rings. The Kier molecular flexibility index (Phi) is 4.99. The van der Waals surface area contributed by atoms with E-state index in [0.717, 1.165) is 6.26 Å². The lowest BCUT2D eigenvalue weighted by atomic mass is 10.2. The predicted molar refractivity (Wildman–Crippen MR) is 71.3 cm³/mol. The number of nitrogens with one attached hydrogen (secondary N) is 1. The van der Waals surface area contributed by atoms with Gasteiger partial charge in [0.2, 0.25) is 0 Å². The SMILES string of the molecule is CS(=O)(=O)CCCNc1ccc(C=O)cc1[N+](=O)[O-]. The molecule has 0 saturated heterocycles. The van der Waals surface area contributed by atoms with E-state index in [1.54, 1.807) is 0 Å². The lowest BCUT2D eigenvalue weighted by molar-refractivity contribution is -0.384. The Morgan fingerprint density at radius 2 is 2.11 bits per heavy atom. The van der Waals surface area contributed by atoms with Crippen LogP contribution in [0.3, 0.4) is 0 Å². The van der Waals surface area contributed by atoms with Crippen LogP contribution >= 0.6 is 0 Å². The highest BCUT2D eigenvalue weighted by Gasteiger charge is 2.14. The molecule has 104 valence electrons. The topological polar surface area (TPSA) is 106 Å². The summed E-state index contributed by atoms with van der Waals surface area (Å²) in [5, 5.41) is 13.6. The number of benzene rings is 1. The van der Waals surface area contributed by atoms with Gasteiger partial charge in [-0.3, -0.25) is 14.9 Å². The lowest BCUT2D eigenvalue weighted by Crippen LogP contribution is -2.10. The monoisotopic (exact) mass is 286 g/mol. The molecule has 0 fully saturated rings. The zero-order chi connectivity index (χ0) is 14.5. The molecule has 0 aliphatic carbocycles. The van der Waals surface area contributed by atoms with E-state index in [1.165, 1.54) is 18.2 Å². The number of anilines is 1. The maximum atomic E-state index is 10.9. The van der Waals surface area contributed by atoms with Crippen LogP contribution in [0.15, 0.2) is 18.2 Å². The van der Waals surface area contributed by atoms with Gasteiger partial charge in [0.1, 0.15) is 21.8 Å². The molecule has 19 heavy (non-hydrogen) atoms. The van der Waals surface area contributed by atoms with Crippen molar-refractivity contribution in [3.05, 3.63) is 33.9 Å². The Balaban J connectivity index is 2.72. The molecule has 0 spiro atoms. The van der Waals surface area contributed by atoms with Crippen molar-refractivity contribution in [1.82, 2.24) is 0 Å². The third kappa shape index (κ3) is 5.04. The Hall–Kier alpha value is -1.96. The van der Waals surface area contributed by atoms with Gasteiger partial charge in [0.15, 0.2) is 0 Å². The first-order chi connectivity index (χ1) is 8.83. The third-order valence-electron chi connectivity index (χ3n) is 2.36. The summed E-state index contributed by atoms with van der Waals surface area (Å²) < 4.78 is 21.9. The minimum Gasteiger partial charge on any atom is -0.379 e. The number of hydrogen-bond donors (Lipinski definition) is 1. The minimum absolute atomic E-state index is 0.0141. The van der Waals surface area contributed by atoms with Gasteiger partial charge >= 0.3 is 0 Å². The van der Waals surface area contributed by atoms with Gasteiger partial charge in [-0.25, -0.2) is 8.42 Å². The highest BCUT2D eigenvalue weighted by molar-refractivity contribution is 7.90. The average Bonchev–Trinajstić information content (AvgIpc) is 2.33. The average molecular weight is 286 g/mol. The van der Waals surface area contributed by atoms with Crippen molar-refractivity contribution in [3.63, 3.8) is 0 Å². The van der Waals surface area contributed by atoms with Gasteiger partial charge in [-0.1, -0.05) is 0 Å². The number of nitrogens with zero attached hydrogens (tertiary/aromatic N) is 1. The van der Waals surface area contributed by atoms with Crippen molar-refractivity contribution in [2.45, 2.75) is 6.42 Å². The van der Waals surface area contributed by atoms with Crippen LogP contribution in [0.25, 0.3) is 0 Å². The normalized spacial score (nSPS) is 11.0. The van der Waals surface area contributed by atoms with Crippen molar-refractivity contribution in [1.29, 1.82) is 0 Å². The van der Waals surface area contributed by atoms with Gasteiger partial charge in [-0.2, -0.15) is 0 Å². The quantitative estimate of drug-likeness (QED) is 0.350. The van der Waals surface area contributed by atoms with Crippen LogP contribution in [0, 0.1) is 10.1 Å². The molecule has 1 N–H and O–H groups in total. The van der Waals surface area contributed by atoms with Crippen molar-refractivity contribution < 1.29 is 18.1 Å². The number of carbonyl (C=O) groups excluding carboxylic acids is 1. The molecule has 0 aliphatic rings. The zero-order valence-electron chi connectivity index (χ0n) is 10.3. The Morgan fingerprint density at radius 3 is 2.63 bits per heavy atom. The highest BCUT2D eigenvalue weighted by Crippen LogP contribution is 2.24. The van der Waals surface area contributed by atoms with Gasteiger partial charge in [-0.15, -0.1) is 0 Å². The van der Waals surface area contributed by atoms with Crippen LogP contribution in [-0.2, 0) is 9.84 Å². The highest BCUT2D eigenvalue weighted by atomic mass is 32.2. The summed E-state index contributed by atoms with van der Waals surface area (Å²) in [6, 6.07) is 4.06. The molecule has 0 amide bonds. The zero-order valence-corrected chi connectivity index (χ0v) is 11.1. The first kappa shape index (κ1) is 15.1. The first-order valence-electron chi connectivity index (χ1n) is 5.48. The van der Waals surface area contributed by atoms with Crippen LogP contribution in [0.1, 0.15) is 16.8 Å². The summed E-state index contributed by atoms with van der Waals surface area (Å²) in [5.74, 6) is 0.0141. The second-order valence-electron chi connectivity index (χ2n) is 4.06. The third-order valence-corrected chi connectivity index (χ3v) is 3.39. The molecular formula is C11H14N2O5S. The first-order valence-corrected chi connectivity index (χ1v) is 7.55. The van der Waals surface area contributed by atoms with Crippen LogP contribution in [0.2, 0.25) is 0 Å². The molecule has 0 atom stereocenters. The molecule has 7 nitrogen and oxygen atoms in total. The second-order valence-corrected chi connectivity index (χ2v) is 6.32. The molecule has 0 heterocycles. The van der Waals surface area contributed by atoms with Crippen molar-refractivity contribution >= 4 is 27.5 Å². The van der Waals surface area contributed by atoms with Crippen molar-refractivity contribution in [3.8, 4) is 0 Å². The minimum atomic E-state index is -3.04. The molecule has 0 aromatic heterocycles. The van der Waals surface area contributed by atoms with Crippen molar-refractivity contribution in [2.24, 2.45) is 0 Å². The summed E-state index contributed by atoms with van der Waals surface area (Å²) in [5.41, 5.74) is 0.279. The van der Waals surface area contributed by atoms with Crippen LogP contribution in [0.5, 0.6) is 0 Å². The molecule has 1 rings (SSSR count). The van der Waals surface area contributed by atoms with E-state index in [9.17, 15) is 23.3 Å². The second kappa shape index (κ2) is 6.28. The molecule has 0 aliphatic heterocycles. The Bertz CT molecular complexity index is 583. The Morgan fingerprint density at radius 1 is 1.42 bits per heavy atom. The lowest BCUT2D eigenvalue weighted by Gasteiger charge is -2.07. The van der Waals surface area contributed by atoms with E-state index in [2.05, 4.69) is 5.32 Å². The molecular weight excluding hydrogens is 272 g/mol. The van der Waals surface area contributed by atoms with Gasteiger partial charge in [-0.05, 0) is 18.6 Å². The number of aldehydes is 1. The van der Waals surface area contributed by atoms with Gasteiger partial charge in [0.25, 0.3) is 5.69 Å². The number of nitro groups is 1.